The fourth-order valence-electron chi connectivity index (χ4n) is 4.32. The quantitative estimate of drug-likeness (QED) is 0.140. The minimum absolute atomic E-state index is 0.0486. The van der Waals surface area contributed by atoms with E-state index in [1.54, 1.807) is 6.08 Å². The fourth-order valence-corrected chi connectivity index (χ4v) is 4.32. The number of carboxylic acid groups (broad SMARTS) is 1. The molecule has 1 amide bonds. The minimum Gasteiger partial charge on any atom is -0.481 e. The van der Waals surface area contributed by atoms with Crippen molar-refractivity contribution >= 4 is 22.8 Å². The highest BCUT2D eigenvalue weighted by molar-refractivity contribution is 5.99. The van der Waals surface area contributed by atoms with Gasteiger partial charge in [-0.1, -0.05) is 71.0 Å². The molecule has 7 nitrogen and oxygen atoms in total. The Balaban J connectivity index is 0.00000197. The van der Waals surface area contributed by atoms with Crippen LogP contribution in [0.1, 0.15) is 79.7 Å². The van der Waals surface area contributed by atoms with Gasteiger partial charge in [-0.3, -0.25) is 4.79 Å². The molecule has 0 unspecified atom stereocenters. The first-order chi connectivity index (χ1) is 20.0. The van der Waals surface area contributed by atoms with Crippen LogP contribution in [-0.4, -0.2) is 28.2 Å². The molecule has 0 aliphatic carbocycles. The number of amides is 1. The number of benzene rings is 2. The Morgan fingerprint density at radius 2 is 1.86 bits per heavy atom. The predicted octanol–water partition coefficient (Wildman–Crippen LogP) is 7.74. The summed E-state index contributed by atoms with van der Waals surface area (Å²) in [6.45, 7) is 18.5. The third-order valence-corrected chi connectivity index (χ3v) is 6.78. The van der Waals surface area contributed by atoms with E-state index in [1.807, 2.05) is 63.2 Å². The molecule has 1 aromatic heterocycles. The molecule has 0 fully saturated rings. The summed E-state index contributed by atoms with van der Waals surface area (Å²) >= 11 is 0. The Bertz CT molecular complexity index is 1530. The molecular formula is C35H43N3O4. The molecule has 0 aliphatic heterocycles. The lowest BCUT2D eigenvalue weighted by molar-refractivity contribution is -0.140. The zero-order chi connectivity index (χ0) is 31.4. The van der Waals surface area contributed by atoms with Crippen molar-refractivity contribution in [3.8, 4) is 6.07 Å². The summed E-state index contributed by atoms with van der Waals surface area (Å²) in [4.78, 5) is 24.0. The van der Waals surface area contributed by atoms with Gasteiger partial charge in [0.1, 0.15) is 11.8 Å². The Hall–Kier alpha value is -4.57. The van der Waals surface area contributed by atoms with Crippen molar-refractivity contribution in [2.75, 3.05) is 6.61 Å². The Morgan fingerprint density at radius 1 is 1.17 bits per heavy atom. The first-order valence-corrected chi connectivity index (χ1v) is 14.2. The third-order valence-electron chi connectivity index (χ3n) is 6.78. The number of nitrogens with zero attached hydrogens (tertiary/aromatic N) is 2. The number of hydrogen-bond acceptors (Lipinski definition) is 4. The molecule has 2 aromatic carbocycles. The largest absolute Gasteiger partial charge is 0.481 e. The SMILES string of the molecule is C=C(C#N)/C(=C\C(=C/C)Cn1c(C)c(C)c2cc(C(=O)NCc3cccc(C(C)C)c3)ccc21)OCC(=O)O.CCC. The number of carbonyl (C=O) groups is 2. The second-order valence-corrected chi connectivity index (χ2v) is 10.5. The number of ether oxygens (including phenoxy) is 1. The molecule has 0 bridgehead atoms. The molecular weight excluding hydrogens is 526 g/mol. The van der Waals surface area contributed by atoms with Gasteiger partial charge >= 0.3 is 5.97 Å². The molecule has 222 valence electrons. The number of nitriles is 1. The van der Waals surface area contributed by atoms with Gasteiger partial charge in [-0.15, -0.1) is 0 Å². The first-order valence-electron chi connectivity index (χ1n) is 14.2. The zero-order valence-corrected chi connectivity index (χ0v) is 25.9. The van der Waals surface area contributed by atoms with Crippen molar-refractivity contribution in [1.82, 2.24) is 9.88 Å². The second-order valence-electron chi connectivity index (χ2n) is 10.5. The molecule has 2 N–H and O–H groups in total. The van der Waals surface area contributed by atoms with E-state index in [0.29, 0.717) is 24.6 Å². The molecule has 7 heteroatoms. The summed E-state index contributed by atoms with van der Waals surface area (Å²) < 4.78 is 7.43. The van der Waals surface area contributed by atoms with E-state index in [0.717, 1.165) is 33.3 Å². The number of hydrogen-bond donors (Lipinski definition) is 2. The van der Waals surface area contributed by atoms with Crippen molar-refractivity contribution in [2.24, 2.45) is 0 Å². The van der Waals surface area contributed by atoms with Gasteiger partial charge in [0, 0.05) is 35.2 Å². The molecule has 0 atom stereocenters. The number of aliphatic carboxylic acids is 1. The first kappa shape index (κ1) is 33.6. The Labute approximate surface area is 249 Å². The second kappa shape index (κ2) is 16.0. The number of nitrogens with one attached hydrogen (secondary N) is 1. The van der Waals surface area contributed by atoms with Crippen molar-refractivity contribution in [3.05, 3.63) is 106 Å². The number of rotatable bonds is 11. The number of aryl methyl sites for hydroxylation is 1. The van der Waals surface area contributed by atoms with Gasteiger partial charge in [0.25, 0.3) is 5.91 Å². The van der Waals surface area contributed by atoms with E-state index in [2.05, 4.69) is 56.3 Å². The highest BCUT2D eigenvalue weighted by Crippen LogP contribution is 2.28. The van der Waals surface area contributed by atoms with Crippen molar-refractivity contribution in [1.29, 1.82) is 5.26 Å². The smallest absolute Gasteiger partial charge is 0.341 e. The molecule has 42 heavy (non-hydrogen) atoms. The van der Waals surface area contributed by atoms with Crippen LogP contribution in [0.5, 0.6) is 0 Å². The lowest BCUT2D eigenvalue weighted by Gasteiger charge is -2.12. The van der Waals surface area contributed by atoms with E-state index in [1.165, 1.54) is 12.0 Å². The summed E-state index contributed by atoms with van der Waals surface area (Å²) in [5.74, 6) is -0.730. The van der Waals surface area contributed by atoms with Gasteiger partial charge < -0.3 is 19.7 Å². The highest BCUT2D eigenvalue weighted by Gasteiger charge is 2.16. The summed E-state index contributed by atoms with van der Waals surface area (Å²) in [5, 5.41) is 22.2. The van der Waals surface area contributed by atoms with Gasteiger partial charge in [-0.05, 0) is 73.2 Å². The summed E-state index contributed by atoms with van der Waals surface area (Å²) in [6, 6.07) is 15.8. The van der Waals surface area contributed by atoms with Gasteiger partial charge in [0.2, 0.25) is 0 Å². The van der Waals surface area contributed by atoms with Crippen LogP contribution in [-0.2, 0) is 22.6 Å². The van der Waals surface area contributed by atoms with Crippen LogP contribution in [0.2, 0.25) is 0 Å². The van der Waals surface area contributed by atoms with Crippen LogP contribution >= 0.6 is 0 Å². The zero-order valence-electron chi connectivity index (χ0n) is 25.9. The molecule has 0 saturated heterocycles. The summed E-state index contributed by atoms with van der Waals surface area (Å²) in [6.07, 6.45) is 4.77. The molecule has 0 spiro atoms. The lowest BCUT2D eigenvalue weighted by atomic mass is 10.0. The standard InChI is InChI=1S/C32H35N3O4.C3H8/c1-7-24(14-30(21(4)16-33)39-19-31(36)37)18-35-23(6)22(5)28-15-27(11-12-29(28)35)32(38)34-17-25-9-8-10-26(13-25)20(2)3;1-3-2/h7-15,20H,4,17-19H2,1-3,5-6H3,(H,34,38)(H,36,37);3H2,1-2H3/b24-7+,30-14+;. The maximum Gasteiger partial charge on any atom is 0.341 e. The third kappa shape index (κ3) is 8.97. The van der Waals surface area contributed by atoms with Gasteiger partial charge in [0.15, 0.2) is 6.61 Å². The van der Waals surface area contributed by atoms with E-state index in [-0.39, 0.29) is 17.2 Å². The monoisotopic (exact) mass is 569 g/mol. The van der Waals surface area contributed by atoms with E-state index >= 15 is 0 Å². The van der Waals surface area contributed by atoms with Crippen LogP contribution in [0, 0.1) is 25.2 Å². The fraction of sp³-hybridized carbons (Fsp3) is 0.343. The summed E-state index contributed by atoms with van der Waals surface area (Å²) in [7, 11) is 0. The molecule has 0 radical (unpaired) electrons. The Kier molecular flexibility index (Phi) is 12.8. The minimum atomic E-state index is -1.14. The highest BCUT2D eigenvalue weighted by atomic mass is 16.5. The van der Waals surface area contributed by atoms with E-state index in [9.17, 15) is 14.9 Å². The topological polar surface area (TPSA) is 104 Å². The molecule has 3 rings (SSSR count). The number of carbonyl (C=O) groups excluding carboxylic acids is 1. The average Bonchev–Trinajstić information content (AvgIpc) is 3.21. The van der Waals surface area contributed by atoms with Gasteiger partial charge in [0.05, 0.1) is 5.57 Å². The van der Waals surface area contributed by atoms with Crippen molar-refractivity contribution in [2.45, 2.75) is 73.9 Å². The number of fused-ring (bicyclic) bond motifs is 1. The molecule has 1 heterocycles. The molecule has 0 aliphatic rings. The van der Waals surface area contributed by atoms with Crippen molar-refractivity contribution < 1.29 is 19.4 Å². The van der Waals surface area contributed by atoms with E-state index in [4.69, 9.17) is 9.84 Å². The summed E-state index contributed by atoms with van der Waals surface area (Å²) in [5.41, 5.74) is 6.81. The van der Waals surface area contributed by atoms with Crippen LogP contribution in [0.4, 0.5) is 0 Å². The van der Waals surface area contributed by atoms with Gasteiger partial charge in [-0.2, -0.15) is 5.26 Å². The van der Waals surface area contributed by atoms with E-state index < -0.39 is 12.6 Å². The van der Waals surface area contributed by atoms with Crippen LogP contribution in [0.3, 0.4) is 0 Å². The Morgan fingerprint density at radius 3 is 2.45 bits per heavy atom. The maximum atomic E-state index is 13.0. The predicted molar refractivity (Wildman–Crippen MR) is 169 cm³/mol. The number of carboxylic acids is 1. The molecule has 3 aromatic rings. The van der Waals surface area contributed by atoms with Crippen molar-refractivity contribution in [3.63, 3.8) is 0 Å². The lowest BCUT2D eigenvalue weighted by Crippen LogP contribution is -2.22. The normalized spacial score (nSPS) is 11.5. The number of aromatic nitrogens is 1. The van der Waals surface area contributed by atoms with Gasteiger partial charge in [-0.25, -0.2) is 4.79 Å². The number of allylic oxidation sites excluding steroid dienone is 4. The van der Waals surface area contributed by atoms with Crippen LogP contribution in [0.15, 0.2) is 78.1 Å². The molecule has 0 saturated carbocycles. The van der Waals surface area contributed by atoms with Crippen LogP contribution in [0.25, 0.3) is 10.9 Å². The maximum absolute atomic E-state index is 13.0. The van der Waals surface area contributed by atoms with Crippen LogP contribution < -0.4 is 5.32 Å². The average molecular weight is 570 g/mol.